The molecule has 22 heavy (non-hydrogen) atoms. The SMILES string of the molecule is O=C(C1CC1)N(Cc1ccco1)c1nc2ccc(F)cc2s1. The lowest BCUT2D eigenvalue weighted by molar-refractivity contribution is -0.120. The molecule has 1 amide bonds. The number of rotatable bonds is 4. The van der Waals surface area contributed by atoms with Crippen LogP contribution in [0.4, 0.5) is 9.52 Å². The highest BCUT2D eigenvalue weighted by molar-refractivity contribution is 7.22. The number of carbonyl (C=O) groups excluding carboxylic acids is 1. The molecule has 4 rings (SSSR count). The fourth-order valence-corrected chi connectivity index (χ4v) is 3.35. The standard InChI is InChI=1S/C16H13FN2O2S/c17-11-5-6-13-14(8-11)22-16(18-13)19(15(20)10-3-4-10)9-12-2-1-7-21-12/h1-2,5-8,10H,3-4,9H2. The highest BCUT2D eigenvalue weighted by atomic mass is 32.1. The fourth-order valence-electron chi connectivity index (χ4n) is 2.35. The van der Waals surface area contributed by atoms with Gasteiger partial charge in [-0.2, -0.15) is 0 Å². The topological polar surface area (TPSA) is 46.3 Å². The zero-order valence-electron chi connectivity index (χ0n) is 11.7. The summed E-state index contributed by atoms with van der Waals surface area (Å²) in [4.78, 5) is 18.7. The van der Waals surface area contributed by atoms with Crippen LogP contribution in [0, 0.1) is 11.7 Å². The monoisotopic (exact) mass is 316 g/mol. The molecule has 0 radical (unpaired) electrons. The summed E-state index contributed by atoms with van der Waals surface area (Å²) in [5.74, 6) is 0.558. The molecule has 1 saturated carbocycles. The van der Waals surface area contributed by atoms with Gasteiger partial charge in [-0.1, -0.05) is 11.3 Å². The maximum absolute atomic E-state index is 13.3. The van der Waals surface area contributed by atoms with E-state index in [-0.39, 0.29) is 17.6 Å². The van der Waals surface area contributed by atoms with Crippen LogP contribution in [0.15, 0.2) is 41.0 Å². The van der Waals surface area contributed by atoms with E-state index in [2.05, 4.69) is 4.98 Å². The number of thiazole rings is 1. The molecular weight excluding hydrogens is 303 g/mol. The molecule has 0 N–H and O–H groups in total. The second-order valence-electron chi connectivity index (χ2n) is 5.39. The Kier molecular flexibility index (Phi) is 3.18. The van der Waals surface area contributed by atoms with Crippen molar-refractivity contribution < 1.29 is 13.6 Å². The van der Waals surface area contributed by atoms with Crippen LogP contribution in [-0.4, -0.2) is 10.9 Å². The number of carbonyl (C=O) groups is 1. The normalized spacial score (nSPS) is 14.4. The summed E-state index contributed by atoms with van der Waals surface area (Å²) in [6, 6.07) is 8.09. The Morgan fingerprint density at radius 1 is 1.41 bits per heavy atom. The van der Waals surface area contributed by atoms with E-state index in [4.69, 9.17) is 4.42 Å². The average Bonchev–Trinajstić information content (AvgIpc) is 3.07. The minimum atomic E-state index is -0.297. The summed E-state index contributed by atoms with van der Waals surface area (Å²) in [5.41, 5.74) is 0.703. The number of fused-ring (bicyclic) bond motifs is 1. The molecule has 1 aliphatic carbocycles. The predicted octanol–water partition coefficient (Wildman–Crippen LogP) is 3.97. The molecule has 112 valence electrons. The Morgan fingerprint density at radius 3 is 3.00 bits per heavy atom. The number of benzene rings is 1. The van der Waals surface area contributed by atoms with E-state index in [0.717, 1.165) is 17.5 Å². The minimum absolute atomic E-state index is 0.0657. The molecule has 0 saturated heterocycles. The summed E-state index contributed by atoms with van der Waals surface area (Å²) >= 11 is 1.33. The van der Waals surface area contributed by atoms with Crippen LogP contribution in [0.25, 0.3) is 10.2 Å². The number of nitrogens with zero attached hydrogens (tertiary/aromatic N) is 2. The van der Waals surface area contributed by atoms with E-state index in [0.29, 0.717) is 23.0 Å². The number of amides is 1. The molecule has 3 aromatic rings. The van der Waals surface area contributed by atoms with Crippen molar-refractivity contribution in [1.29, 1.82) is 0 Å². The first kappa shape index (κ1) is 13.5. The van der Waals surface area contributed by atoms with E-state index >= 15 is 0 Å². The Bertz CT molecular complexity index is 824. The summed E-state index contributed by atoms with van der Waals surface area (Å²) in [5, 5.41) is 0.592. The minimum Gasteiger partial charge on any atom is -0.467 e. The van der Waals surface area contributed by atoms with Gasteiger partial charge >= 0.3 is 0 Å². The number of aromatic nitrogens is 1. The summed E-state index contributed by atoms with van der Waals surface area (Å²) in [7, 11) is 0. The largest absolute Gasteiger partial charge is 0.467 e. The number of anilines is 1. The molecule has 2 aromatic heterocycles. The average molecular weight is 316 g/mol. The third kappa shape index (κ3) is 2.50. The second kappa shape index (κ2) is 5.21. The van der Waals surface area contributed by atoms with E-state index < -0.39 is 0 Å². The van der Waals surface area contributed by atoms with E-state index in [1.165, 1.54) is 23.5 Å². The molecule has 0 aliphatic heterocycles. The van der Waals surface area contributed by atoms with Gasteiger partial charge in [0.25, 0.3) is 0 Å². The molecule has 1 aliphatic rings. The third-order valence-corrected chi connectivity index (χ3v) is 4.70. The molecule has 1 aromatic carbocycles. The maximum Gasteiger partial charge on any atom is 0.232 e. The van der Waals surface area contributed by atoms with E-state index in [1.54, 1.807) is 23.3 Å². The van der Waals surface area contributed by atoms with Crippen LogP contribution in [-0.2, 0) is 11.3 Å². The van der Waals surface area contributed by atoms with Crippen LogP contribution in [0.2, 0.25) is 0 Å². The third-order valence-electron chi connectivity index (χ3n) is 3.66. The molecule has 0 bridgehead atoms. The highest BCUT2D eigenvalue weighted by Gasteiger charge is 2.35. The van der Waals surface area contributed by atoms with Gasteiger partial charge in [-0.15, -0.1) is 0 Å². The Balaban J connectivity index is 1.72. The van der Waals surface area contributed by atoms with Gasteiger partial charge in [0.15, 0.2) is 5.13 Å². The number of hydrogen-bond donors (Lipinski definition) is 0. The van der Waals surface area contributed by atoms with Gasteiger partial charge in [0, 0.05) is 5.92 Å². The molecule has 2 heterocycles. The molecule has 0 spiro atoms. The van der Waals surface area contributed by atoms with Gasteiger partial charge in [-0.25, -0.2) is 9.37 Å². The zero-order valence-corrected chi connectivity index (χ0v) is 12.5. The number of halogens is 1. The summed E-state index contributed by atoms with van der Waals surface area (Å²) in [6.45, 7) is 0.352. The van der Waals surface area contributed by atoms with Crippen LogP contribution < -0.4 is 4.90 Å². The van der Waals surface area contributed by atoms with Gasteiger partial charge in [0.1, 0.15) is 11.6 Å². The van der Waals surface area contributed by atoms with Crippen molar-refractivity contribution in [2.24, 2.45) is 5.92 Å². The van der Waals surface area contributed by atoms with Gasteiger partial charge in [-0.05, 0) is 43.2 Å². The van der Waals surface area contributed by atoms with Crippen LogP contribution in [0.5, 0.6) is 0 Å². The van der Waals surface area contributed by atoms with Crippen molar-refractivity contribution in [3.8, 4) is 0 Å². The molecule has 0 atom stereocenters. The smallest absolute Gasteiger partial charge is 0.232 e. The van der Waals surface area contributed by atoms with Crippen molar-refractivity contribution in [2.45, 2.75) is 19.4 Å². The molecule has 4 nitrogen and oxygen atoms in total. The Hall–Kier alpha value is -2.21. The molecule has 6 heteroatoms. The lowest BCUT2D eigenvalue weighted by atomic mass is 10.3. The molecule has 0 unspecified atom stereocenters. The van der Waals surface area contributed by atoms with E-state index in [1.807, 2.05) is 6.07 Å². The lowest BCUT2D eigenvalue weighted by Gasteiger charge is -2.18. The number of hydrogen-bond acceptors (Lipinski definition) is 4. The van der Waals surface area contributed by atoms with Gasteiger partial charge in [0.05, 0.1) is 23.0 Å². The van der Waals surface area contributed by atoms with Crippen LogP contribution >= 0.6 is 11.3 Å². The van der Waals surface area contributed by atoms with E-state index in [9.17, 15) is 9.18 Å². The summed E-state index contributed by atoms with van der Waals surface area (Å²) < 4.78 is 19.4. The van der Waals surface area contributed by atoms with Crippen molar-refractivity contribution in [2.75, 3.05) is 4.90 Å². The molecular formula is C16H13FN2O2S. The van der Waals surface area contributed by atoms with Crippen molar-refractivity contribution in [3.05, 3.63) is 48.2 Å². The van der Waals surface area contributed by atoms with Crippen LogP contribution in [0.1, 0.15) is 18.6 Å². The summed E-state index contributed by atoms with van der Waals surface area (Å²) in [6.07, 6.45) is 3.43. The van der Waals surface area contributed by atoms with Crippen LogP contribution in [0.3, 0.4) is 0 Å². The second-order valence-corrected chi connectivity index (χ2v) is 6.40. The zero-order chi connectivity index (χ0) is 15.1. The Labute approximate surface area is 130 Å². The quantitative estimate of drug-likeness (QED) is 0.731. The first-order chi connectivity index (χ1) is 10.7. The van der Waals surface area contributed by atoms with Gasteiger partial charge in [0.2, 0.25) is 5.91 Å². The highest BCUT2D eigenvalue weighted by Crippen LogP contribution is 2.36. The first-order valence-corrected chi connectivity index (χ1v) is 7.92. The number of furan rings is 1. The van der Waals surface area contributed by atoms with Gasteiger partial charge < -0.3 is 4.42 Å². The van der Waals surface area contributed by atoms with Crippen molar-refractivity contribution in [1.82, 2.24) is 4.98 Å². The first-order valence-electron chi connectivity index (χ1n) is 7.10. The van der Waals surface area contributed by atoms with Crippen molar-refractivity contribution in [3.63, 3.8) is 0 Å². The fraction of sp³-hybridized carbons (Fsp3) is 0.250. The predicted molar refractivity (Wildman–Crippen MR) is 82.2 cm³/mol. The van der Waals surface area contributed by atoms with Gasteiger partial charge in [-0.3, -0.25) is 9.69 Å². The molecule has 1 fully saturated rings. The van der Waals surface area contributed by atoms with Crippen molar-refractivity contribution >= 4 is 32.6 Å². The maximum atomic E-state index is 13.3. The lowest BCUT2D eigenvalue weighted by Crippen LogP contribution is -2.31. The Morgan fingerprint density at radius 2 is 2.27 bits per heavy atom.